The predicted molar refractivity (Wildman–Crippen MR) is 67.1 cm³/mol. The molecule has 2 heterocycles. The number of aromatic nitrogens is 1. The summed E-state index contributed by atoms with van der Waals surface area (Å²) in [5, 5.41) is 8.85. The Morgan fingerprint density at radius 1 is 1.53 bits per heavy atom. The van der Waals surface area contributed by atoms with Gasteiger partial charge in [-0.05, 0) is 44.9 Å². The molecule has 0 N–H and O–H groups in total. The summed E-state index contributed by atoms with van der Waals surface area (Å²) < 4.78 is 0. The molecule has 1 aromatic heterocycles. The van der Waals surface area contributed by atoms with Crippen LogP contribution >= 0.6 is 0 Å². The van der Waals surface area contributed by atoms with E-state index in [1.807, 2.05) is 18.3 Å². The third-order valence-electron chi connectivity index (χ3n) is 3.98. The first-order valence-corrected chi connectivity index (χ1v) is 6.16. The Balaban J connectivity index is 2.06. The van der Waals surface area contributed by atoms with Gasteiger partial charge in [0.1, 0.15) is 0 Å². The first kappa shape index (κ1) is 12.1. The molecule has 1 saturated heterocycles. The van der Waals surface area contributed by atoms with E-state index in [4.69, 9.17) is 5.26 Å². The lowest BCUT2D eigenvalue weighted by molar-refractivity contribution is 0.130. The Bertz CT molecular complexity index is 405. The van der Waals surface area contributed by atoms with Crippen molar-refractivity contribution in [2.24, 2.45) is 5.92 Å². The van der Waals surface area contributed by atoms with E-state index < -0.39 is 0 Å². The van der Waals surface area contributed by atoms with Gasteiger partial charge in [-0.3, -0.25) is 9.88 Å². The number of nitriles is 1. The van der Waals surface area contributed by atoms with Crippen LogP contribution in [0.5, 0.6) is 0 Å². The Hall–Kier alpha value is -1.40. The Labute approximate surface area is 103 Å². The molecule has 90 valence electrons. The topological polar surface area (TPSA) is 39.9 Å². The highest BCUT2D eigenvalue weighted by molar-refractivity contribution is 5.06. The predicted octanol–water partition coefficient (Wildman–Crippen LogP) is 2.60. The molecule has 0 amide bonds. The van der Waals surface area contributed by atoms with Crippen molar-refractivity contribution in [3.8, 4) is 6.07 Å². The summed E-state index contributed by atoms with van der Waals surface area (Å²) >= 11 is 0. The van der Waals surface area contributed by atoms with Gasteiger partial charge in [0.2, 0.25) is 0 Å². The number of likely N-dealkylation sites (tertiary alicyclic amines) is 1. The van der Waals surface area contributed by atoms with Gasteiger partial charge in [0, 0.05) is 24.7 Å². The molecular formula is C14H19N3. The monoisotopic (exact) mass is 229 g/mol. The largest absolute Gasteiger partial charge is 0.292 e. The van der Waals surface area contributed by atoms with Crippen molar-refractivity contribution in [2.75, 3.05) is 6.54 Å². The highest BCUT2D eigenvalue weighted by Crippen LogP contribution is 2.37. The zero-order valence-electron chi connectivity index (χ0n) is 10.6. The maximum atomic E-state index is 8.85. The van der Waals surface area contributed by atoms with Crippen LogP contribution in [0.2, 0.25) is 0 Å². The van der Waals surface area contributed by atoms with E-state index in [0.717, 1.165) is 25.2 Å². The second-order valence-corrected chi connectivity index (χ2v) is 5.24. The number of nitrogens with zero attached hydrogens (tertiary/aromatic N) is 3. The zero-order chi connectivity index (χ0) is 12.3. The fraction of sp³-hybridized carbons (Fsp3) is 0.571. The molecule has 3 heteroatoms. The molecule has 1 aromatic rings. The van der Waals surface area contributed by atoms with E-state index in [9.17, 15) is 0 Å². The normalized spacial score (nSPS) is 23.5. The molecule has 0 aromatic carbocycles. The fourth-order valence-electron chi connectivity index (χ4n) is 2.64. The molecule has 1 aliphatic heterocycles. The van der Waals surface area contributed by atoms with Crippen LogP contribution in [0.4, 0.5) is 0 Å². The lowest BCUT2D eigenvalue weighted by Crippen LogP contribution is -2.42. The van der Waals surface area contributed by atoms with Gasteiger partial charge in [-0.1, -0.05) is 6.07 Å². The number of pyridine rings is 1. The minimum atomic E-state index is 0.104. The first-order chi connectivity index (χ1) is 8.14. The van der Waals surface area contributed by atoms with E-state index in [1.165, 1.54) is 0 Å². The summed E-state index contributed by atoms with van der Waals surface area (Å²) in [5.41, 5.74) is 1.21. The van der Waals surface area contributed by atoms with Crippen LogP contribution in [-0.4, -0.2) is 22.0 Å². The molecule has 1 aliphatic rings. The van der Waals surface area contributed by atoms with Crippen molar-refractivity contribution in [2.45, 2.75) is 38.8 Å². The average Bonchev–Trinajstić information content (AvgIpc) is 2.58. The Kier molecular flexibility index (Phi) is 3.44. The van der Waals surface area contributed by atoms with Crippen LogP contribution in [0, 0.1) is 17.2 Å². The fourth-order valence-corrected chi connectivity index (χ4v) is 2.64. The number of hydrogen-bond donors (Lipinski definition) is 0. The molecule has 1 unspecified atom stereocenters. The van der Waals surface area contributed by atoms with Gasteiger partial charge in [0.25, 0.3) is 0 Å². The van der Waals surface area contributed by atoms with Gasteiger partial charge in [0.05, 0.1) is 11.8 Å². The van der Waals surface area contributed by atoms with Gasteiger partial charge in [-0.2, -0.15) is 5.26 Å². The number of rotatable bonds is 3. The molecule has 0 aliphatic carbocycles. The summed E-state index contributed by atoms with van der Waals surface area (Å²) in [6.07, 6.45) is 3.62. The van der Waals surface area contributed by atoms with Crippen LogP contribution in [-0.2, 0) is 6.54 Å². The standard InChI is InChI=1S/C14H19N3/c1-14(2)12(6-8-15)7-10-17(14)11-13-5-3-4-9-16-13/h3-5,9,12H,6-7,10-11H2,1-2H3. The molecule has 0 radical (unpaired) electrons. The second-order valence-electron chi connectivity index (χ2n) is 5.24. The second kappa shape index (κ2) is 4.85. The van der Waals surface area contributed by atoms with Crippen LogP contribution in [0.3, 0.4) is 0 Å². The summed E-state index contributed by atoms with van der Waals surface area (Å²) in [6.45, 7) is 6.43. The van der Waals surface area contributed by atoms with Gasteiger partial charge in [-0.25, -0.2) is 0 Å². The lowest BCUT2D eigenvalue weighted by Gasteiger charge is -2.35. The summed E-state index contributed by atoms with van der Waals surface area (Å²) in [5.74, 6) is 0.483. The molecule has 3 nitrogen and oxygen atoms in total. The molecule has 0 spiro atoms. The van der Waals surface area contributed by atoms with Gasteiger partial charge >= 0.3 is 0 Å². The maximum absolute atomic E-state index is 8.85. The highest BCUT2D eigenvalue weighted by atomic mass is 15.2. The summed E-state index contributed by atoms with van der Waals surface area (Å²) in [4.78, 5) is 6.81. The first-order valence-electron chi connectivity index (χ1n) is 6.16. The van der Waals surface area contributed by atoms with Crippen molar-refractivity contribution in [3.05, 3.63) is 30.1 Å². The molecule has 2 rings (SSSR count). The Morgan fingerprint density at radius 2 is 2.35 bits per heavy atom. The smallest absolute Gasteiger partial charge is 0.0625 e. The van der Waals surface area contributed by atoms with Crippen molar-refractivity contribution in [3.63, 3.8) is 0 Å². The summed E-state index contributed by atoms with van der Waals surface area (Å²) in [7, 11) is 0. The minimum absolute atomic E-state index is 0.104. The molecular weight excluding hydrogens is 210 g/mol. The van der Waals surface area contributed by atoms with Crippen molar-refractivity contribution < 1.29 is 0 Å². The maximum Gasteiger partial charge on any atom is 0.0625 e. The van der Waals surface area contributed by atoms with Gasteiger partial charge < -0.3 is 0 Å². The van der Waals surface area contributed by atoms with Crippen molar-refractivity contribution in [1.82, 2.24) is 9.88 Å². The third kappa shape index (κ3) is 2.48. The lowest BCUT2D eigenvalue weighted by atomic mass is 9.86. The molecule has 1 fully saturated rings. The van der Waals surface area contributed by atoms with Crippen molar-refractivity contribution >= 4 is 0 Å². The van der Waals surface area contributed by atoms with Gasteiger partial charge in [0.15, 0.2) is 0 Å². The van der Waals surface area contributed by atoms with E-state index >= 15 is 0 Å². The van der Waals surface area contributed by atoms with E-state index in [-0.39, 0.29) is 5.54 Å². The van der Waals surface area contributed by atoms with E-state index in [0.29, 0.717) is 12.3 Å². The van der Waals surface area contributed by atoms with Gasteiger partial charge in [-0.15, -0.1) is 0 Å². The minimum Gasteiger partial charge on any atom is -0.292 e. The molecule has 17 heavy (non-hydrogen) atoms. The van der Waals surface area contributed by atoms with E-state index in [2.05, 4.69) is 35.9 Å². The number of hydrogen-bond acceptors (Lipinski definition) is 3. The summed E-state index contributed by atoms with van der Waals surface area (Å²) in [6, 6.07) is 8.34. The quantitative estimate of drug-likeness (QED) is 0.799. The van der Waals surface area contributed by atoms with Crippen LogP contribution in [0.25, 0.3) is 0 Å². The van der Waals surface area contributed by atoms with Crippen LogP contribution in [0.1, 0.15) is 32.4 Å². The SMILES string of the molecule is CC1(C)C(CC#N)CCN1Cc1ccccn1. The van der Waals surface area contributed by atoms with Crippen LogP contribution in [0.15, 0.2) is 24.4 Å². The molecule has 0 saturated carbocycles. The molecule has 1 atom stereocenters. The highest BCUT2D eigenvalue weighted by Gasteiger charge is 2.40. The molecule has 0 bridgehead atoms. The average molecular weight is 229 g/mol. The Morgan fingerprint density at radius 3 is 3.00 bits per heavy atom. The van der Waals surface area contributed by atoms with E-state index in [1.54, 1.807) is 0 Å². The van der Waals surface area contributed by atoms with Crippen LogP contribution < -0.4 is 0 Å². The zero-order valence-corrected chi connectivity index (χ0v) is 10.6. The van der Waals surface area contributed by atoms with Crippen molar-refractivity contribution in [1.29, 1.82) is 5.26 Å². The third-order valence-corrected chi connectivity index (χ3v) is 3.98.